The average molecular weight is 658 g/mol. The Hall–Kier alpha value is -5.21. The highest BCUT2D eigenvalue weighted by molar-refractivity contribution is 6.62. The highest BCUT2D eigenvalue weighted by atomic mass is 16.7. The molecule has 1 saturated heterocycles. The second kappa shape index (κ2) is 11.8. The van der Waals surface area contributed by atoms with Crippen molar-refractivity contribution in [1.82, 2.24) is 0 Å². The van der Waals surface area contributed by atoms with Gasteiger partial charge in [-0.05, 0) is 75.6 Å². The molecule has 0 amide bonds. The zero-order valence-corrected chi connectivity index (χ0v) is 27.0. The molecule has 1 atom stereocenters. The molecular weight excluding hydrogens is 627 g/mol. The van der Waals surface area contributed by atoms with Crippen LogP contribution in [-0.2, 0) is 48.2 Å². The fraction of sp³-hybridized carbons (Fsp3) is 0.324. The van der Waals surface area contributed by atoms with E-state index in [-0.39, 0.29) is 28.2 Å². The Labute approximate surface area is 275 Å². The van der Waals surface area contributed by atoms with Gasteiger partial charge < -0.3 is 37.7 Å². The van der Waals surface area contributed by atoms with Gasteiger partial charge in [0.1, 0.15) is 11.5 Å². The molecule has 13 nitrogen and oxygen atoms in total. The quantitative estimate of drug-likeness (QED) is 0.156. The molecule has 1 spiro atoms. The van der Waals surface area contributed by atoms with Crippen molar-refractivity contribution in [2.75, 3.05) is 13.6 Å². The van der Waals surface area contributed by atoms with Crippen molar-refractivity contribution < 1.29 is 61.7 Å². The molecule has 14 heteroatoms. The van der Waals surface area contributed by atoms with Gasteiger partial charge in [-0.15, -0.1) is 0 Å². The first kappa shape index (κ1) is 32.7. The van der Waals surface area contributed by atoms with E-state index in [0.717, 1.165) is 0 Å². The van der Waals surface area contributed by atoms with Gasteiger partial charge in [-0.2, -0.15) is 0 Å². The minimum atomic E-state index is -1.63. The fourth-order valence-electron chi connectivity index (χ4n) is 5.62. The zero-order chi connectivity index (χ0) is 34.6. The molecule has 3 aliphatic heterocycles. The van der Waals surface area contributed by atoms with Crippen molar-refractivity contribution in [2.45, 2.75) is 58.3 Å². The lowest BCUT2D eigenvalue weighted by atomic mass is 9.73. The SMILES string of the molecule is CC(=O)OCOC(=O)c1ccc2c(c1)Oc1cc(B3OC(C)(C)C(C)(C)O3)ccc1C21OC(=O)c2ccc(C(=O)OCOC(C)=O)cc21. The van der Waals surface area contributed by atoms with Crippen LogP contribution in [0.3, 0.4) is 0 Å². The summed E-state index contributed by atoms with van der Waals surface area (Å²) >= 11 is 0. The normalized spacial score (nSPS) is 19.3. The molecule has 0 radical (unpaired) electrons. The number of ether oxygens (including phenoxy) is 6. The van der Waals surface area contributed by atoms with Crippen LogP contribution in [0.1, 0.15) is 89.3 Å². The molecule has 0 aromatic heterocycles. The number of esters is 5. The smallest absolute Gasteiger partial charge is 0.456 e. The maximum absolute atomic E-state index is 13.5. The van der Waals surface area contributed by atoms with Gasteiger partial charge in [0.25, 0.3) is 0 Å². The summed E-state index contributed by atoms with van der Waals surface area (Å²) in [5.41, 5.74) is -0.842. The number of rotatable bonds is 7. The highest BCUT2D eigenvalue weighted by Crippen LogP contribution is 2.56. The van der Waals surface area contributed by atoms with Gasteiger partial charge in [0.15, 0.2) is 5.60 Å². The van der Waals surface area contributed by atoms with E-state index in [1.54, 1.807) is 24.3 Å². The Bertz CT molecular complexity index is 1860. The summed E-state index contributed by atoms with van der Waals surface area (Å²) in [6.45, 7) is 8.90. The number of hydrogen-bond acceptors (Lipinski definition) is 13. The monoisotopic (exact) mass is 658 g/mol. The summed E-state index contributed by atoms with van der Waals surface area (Å²) in [6, 6.07) is 14.0. The number of benzene rings is 3. The molecule has 6 rings (SSSR count). The number of fused-ring (bicyclic) bond motifs is 6. The Morgan fingerprint density at radius 2 is 1.19 bits per heavy atom. The van der Waals surface area contributed by atoms with Gasteiger partial charge in [-0.3, -0.25) is 9.59 Å². The molecular formula is C34H31BO13. The van der Waals surface area contributed by atoms with Crippen LogP contribution in [0.4, 0.5) is 0 Å². The van der Waals surface area contributed by atoms with Crippen molar-refractivity contribution in [1.29, 1.82) is 0 Å². The van der Waals surface area contributed by atoms with Crippen molar-refractivity contribution in [3.8, 4) is 11.5 Å². The summed E-state index contributed by atoms with van der Waals surface area (Å²) in [5.74, 6) is -3.09. The van der Waals surface area contributed by atoms with Crippen LogP contribution in [0.25, 0.3) is 0 Å². The van der Waals surface area contributed by atoms with Crippen LogP contribution in [0.2, 0.25) is 0 Å². The topological polar surface area (TPSA) is 159 Å². The van der Waals surface area contributed by atoms with Gasteiger partial charge in [-0.25, -0.2) is 14.4 Å². The second-order valence-corrected chi connectivity index (χ2v) is 12.4. The van der Waals surface area contributed by atoms with Crippen LogP contribution in [0.5, 0.6) is 11.5 Å². The van der Waals surface area contributed by atoms with E-state index in [1.807, 2.05) is 27.7 Å². The highest BCUT2D eigenvalue weighted by Gasteiger charge is 2.55. The minimum absolute atomic E-state index is 0.0627. The molecule has 0 saturated carbocycles. The van der Waals surface area contributed by atoms with E-state index in [2.05, 4.69) is 0 Å². The Balaban J connectivity index is 1.46. The summed E-state index contributed by atoms with van der Waals surface area (Å²) in [5, 5.41) is 0. The van der Waals surface area contributed by atoms with E-state index in [0.29, 0.717) is 22.2 Å². The molecule has 0 N–H and O–H groups in total. The number of carbonyl (C=O) groups is 5. The van der Waals surface area contributed by atoms with Crippen LogP contribution in [0.15, 0.2) is 54.6 Å². The van der Waals surface area contributed by atoms with Crippen LogP contribution < -0.4 is 10.2 Å². The molecule has 3 aliphatic rings. The summed E-state index contributed by atoms with van der Waals surface area (Å²) in [6.07, 6.45) is 0. The third kappa shape index (κ3) is 5.56. The summed E-state index contributed by atoms with van der Waals surface area (Å²) in [7, 11) is -0.749. The van der Waals surface area contributed by atoms with Crippen molar-refractivity contribution in [2.24, 2.45) is 0 Å². The zero-order valence-electron chi connectivity index (χ0n) is 27.0. The first-order chi connectivity index (χ1) is 22.6. The van der Waals surface area contributed by atoms with Gasteiger partial charge in [-0.1, -0.05) is 12.1 Å². The average Bonchev–Trinajstić information content (AvgIpc) is 3.43. The predicted molar refractivity (Wildman–Crippen MR) is 165 cm³/mol. The van der Waals surface area contributed by atoms with E-state index in [9.17, 15) is 24.0 Å². The predicted octanol–water partition coefficient (Wildman–Crippen LogP) is 3.91. The fourth-order valence-corrected chi connectivity index (χ4v) is 5.62. The van der Waals surface area contributed by atoms with Gasteiger partial charge in [0.05, 0.1) is 27.9 Å². The molecule has 248 valence electrons. The molecule has 1 fully saturated rings. The Morgan fingerprint density at radius 1 is 0.667 bits per heavy atom. The maximum atomic E-state index is 13.5. The first-order valence-corrected chi connectivity index (χ1v) is 14.9. The number of carbonyl (C=O) groups excluding carboxylic acids is 5. The van der Waals surface area contributed by atoms with E-state index < -0.39 is 67.4 Å². The van der Waals surface area contributed by atoms with Crippen LogP contribution in [0, 0.1) is 0 Å². The lowest BCUT2D eigenvalue weighted by Gasteiger charge is -2.37. The van der Waals surface area contributed by atoms with Crippen molar-refractivity contribution in [3.05, 3.63) is 88.0 Å². The molecule has 3 aromatic carbocycles. The molecule has 48 heavy (non-hydrogen) atoms. The lowest BCUT2D eigenvalue weighted by molar-refractivity contribution is -0.150. The Morgan fingerprint density at radius 3 is 1.77 bits per heavy atom. The third-order valence-corrected chi connectivity index (χ3v) is 8.73. The lowest BCUT2D eigenvalue weighted by Crippen LogP contribution is -2.41. The van der Waals surface area contributed by atoms with Gasteiger partial charge in [0.2, 0.25) is 13.6 Å². The molecule has 0 bridgehead atoms. The van der Waals surface area contributed by atoms with Gasteiger partial charge >= 0.3 is 37.0 Å². The van der Waals surface area contributed by atoms with Crippen molar-refractivity contribution in [3.63, 3.8) is 0 Å². The largest absolute Gasteiger partial charge is 0.494 e. The van der Waals surface area contributed by atoms with Gasteiger partial charge in [0, 0.05) is 30.5 Å². The first-order valence-electron chi connectivity index (χ1n) is 14.9. The van der Waals surface area contributed by atoms with E-state index in [4.69, 9.17) is 37.7 Å². The summed E-state index contributed by atoms with van der Waals surface area (Å²) in [4.78, 5) is 61.5. The van der Waals surface area contributed by atoms with Crippen LogP contribution in [-0.4, -0.2) is 61.8 Å². The third-order valence-electron chi connectivity index (χ3n) is 8.73. The van der Waals surface area contributed by atoms with E-state index in [1.165, 1.54) is 44.2 Å². The molecule has 3 aromatic rings. The maximum Gasteiger partial charge on any atom is 0.494 e. The van der Waals surface area contributed by atoms with E-state index >= 15 is 0 Å². The standard InChI is InChI=1S/C34H31BO13/c1-18(36)41-16-43-29(38)20-7-10-23-26(13-20)34(46-31(23)40)24-11-8-21(30(39)44-17-42-19(2)37)14-27(24)45-28-15-22(9-12-25(28)34)35-47-32(3,4)33(5,6)48-35/h7-15H,16-17H2,1-6H3. The molecule has 1 unspecified atom stereocenters. The van der Waals surface area contributed by atoms with Crippen molar-refractivity contribution >= 4 is 42.4 Å². The molecule has 0 aliphatic carbocycles. The number of hydrogen-bond donors (Lipinski definition) is 0. The minimum Gasteiger partial charge on any atom is -0.456 e. The van der Waals surface area contributed by atoms with Crippen LogP contribution >= 0.6 is 0 Å². The molecule has 3 heterocycles. The Kier molecular flexibility index (Phi) is 8.04. The summed E-state index contributed by atoms with van der Waals surface area (Å²) < 4.78 is 44.7. The second-order valence-electron chi connectivity index (χ2n) is 12.4.